The average molecular weight is 188 g/mol. The van der Waals surface area contributed by atoms with Crippen LogP contribution in [0, 0.1) is 5.92 Å². The fourth-order valence-electron chi connectivity index (χ4n) is 1.64. The molecule has 1 aliphatic rings. The summed E-state index contributed by atoms with van der Waals surface area (Å²) in [6.45, 7) is 2.76. The van der Waals surface area contributed by atoms with Crippen LogP contribution in [0.3, 0.4) is 0 Å². The lowest BCUT2D eigenvalue weighted by Crippen LogP contribution is -2.40. The maximum atomic E-state index is 10.7. The van der Waals surface area contributed by atoms with E-state index in [2.05, 4.69) is 9.74 Å². The van der Waals surface area contributed by atoms with Crippen molar-refractivity contribution in [1.29, 1.82) is 0 Å². The molecule has 3 N–H and O–H groups in total. The Kier molecular flexibility index (Phi) is 4.14. The number of likely N-dealkylation sites (tertiary alicyclic amines) is 1. The lowest BCUT2D eigenvalue weighted by molar-refractivity contribution is -0.143. The van der Waals surface area contributed by atoms with Crippen LogP contribution in [0.15, 0.2) is 0 Å². The van der Waals surface area contributed by atoms with Crippen molar-refractivity contribution in [2.45, 2.75) is 12.8 Å². The van der Waals surface area contributed by atoms with Gasteiger partial charge in [0.15, 0.2) is 0 Å². The van der Waals surface area contributed by atoms with Crippen molar-refractivity contribution in [1.82, 2.24) is 4.90 Å². The summed E-state index contributed by atoms with van der Waals surface area (Å²) in [5, 5.41) is 8.80. The highest BCUT2D eigenvalue weighted by atomic mass is 16.6. The van der Waals surface area contributed by atoms with Gasteiger partial charge >= 0.3 is 5.97 Å². The van der Waals surface area contributed by atoms with Crippen LogP contribution < -0.4 is 5.90 Å². The summed E-state index contributed by atoms with van der Waals surface area (Å²) in [6, 6.07) is 0. The van der Waals surface area contributed by atoms with Crippen molar-refractivity contribution >= 4 is 5.97 Å². The Hall–Kier alpha value is -0.650. The van der Waals surface area contributed by atoms with Gasteiger partial charge in [0.1, 0.15) is 0 Å². The topological polar surface area (TPSA) is 75.8 Å². The molecule has 0 amide bonds. The normalized spacial score (nSPS) is 24.5. The molecule has 5 nitrogen and oxygen atoms in total. The lowest BCUT2D eigenvalue weighted by atomic mass is 9.98. The summed E-state index contributed by atoms with van der Waals surface area (Å²) in [4.78, 5) is 17.2. The third kappa shape index (κ3) is 3.30. The van der Waals surface area contributed by atoms with Gasteiger partial charge in [0.05, 0.1) is 12.5 Å². The molecule has 1 atom stereocenters. The van der Waals surface area contributed by atoms with Crippen LogP contribution in [-0.4, -0.2) is 42.2 Å². The summed E-state index contributed by atoms with van der Waals surface area (Å²) in [6.07, 6.45) is 1.73. The van der Waals surface area contributed by atoms with Crippen molar-refractivity contribution in [3.05, 3.63) is 0 Å². The second-order valence-corrected chi connectivity index (χ2v) is 3.35. The van der Waals surface area contributed by atoms with Crippen molar-refractivity contribution in [3.8, 4) is 0 Å². The minimum Gasteiger partial charge on any atom is -0.481 e. The molecule has 0 bridgehead atoms. The number of aliphatic carboxylic acids is 1. The Balaban J connectivity index is 2.29. The van der Waals surface area contributed by atoms with Crippen LogP contribution in [0.5, 0.6) is 0 Å². The molecule has 0 radical (unpaired) electrons. The fourth-order valence-corrected chi connectivity index (χ4v) is 1.64. The molecule has 76 valence electrons. The van der Waals surface area contributed by atoms with E-state index in [1.54, 1.807) is 0 Å². The van der Waals surface area contributed by atoms with E-state index in [1.165, 1.54) is 0 Å². The lowest BCUT2D eigenvalue weighted by Gasteiger charge is -2.30. The highest BCUT2D eigenvalue weighted by Gasteiger charge is 2.24. The van der Waals surface area contributed by atoms with Gasteiger partial charge in [-0.3, -0.25) is 4.79 Å². The average Bonchev–Trinajstić information content (AvgIpc) is 2.15. The van der Waals surface area contributed by atoms with E-state index < -0.39 is 5.97 Å². The van der Waals surface area contributed by atoms with Crippen LogP contribution in [0.1, 0.15) is 12.8 Å². The Morgan fingerprint density at radius 2 is 2.46 bits per heavy atom. The van der Waals surface area contributed by atoms with Gasteiger partial charge in [-0.25, -0.2) is 5.90 Å². The van der Waals surface area contributed by atoms with E-state index >= 15 is 0 Å². The van der Waals surface area contributed by atoms with Crippen molar-refractivity contribution in [3.63, 3.8) is 0 Å². The summed E-state index contributed by atoms with van der Waals surface area (Å²) < 4.78 is 0. The molecular weight excluding hydrogens is 172 g/mol. The summed E-state index contributed by atoms with van der Waals surface area (Å²) in [7, 11) is 0. The third-order valence-electron chi connectivity index (χ3n) is 2.38. The Morgan fingerprint density at radius 1 is 1.69 bits per heavy atom. The van der Waals surface area contributed by atoms with Gasteiger partial charge in [0, 0.05) is 13.1 Å². The van der Waals surface area contributed by atoms with Gasteiger partial charge in [0.2, 0.25) is 0 Å². The predicted octanol–water partition coefficient (Wildman–Crippen LogP) is -0.327. The molecule has 1 aliphatic heterocycles. The zero-order chi connectivity index (χ0) is 9.68. The monoisotopic (exact) mass is 188 g/mol. The van der Waals surface area contributed by atoms with E-state index in [4.69, 9.17) is 11.0 Å². The van der Waals surface area contributed by atoms with Crippen molar-refractivity contribution < 1.29 is 14.7 Å². The molecule has 13 heavy (non-hydrogen) atoms. The number of hydrogen-bond acceptors (Lipinski definition) is 4. The smallest absolute Gasteiger partial charge is 0.307 e. The maximum Gasteiger partial charge on any atom is 0.307 e. The number of nitrogens with zero attached hydrogens (tertiary/aromatic N) is 1. The second-order valence-electron chi connectivity index (χ2n) is 3.35. The van der Waals surface area contributed by atoms with Crippen molar-refractivity contribution in [2.24, 2.45) is 11.8 Å². The molecular formula is C8H16N2O3. The standard InChI is InChI=1S/C8H16N2O3/c9-13-5-4-10-3-1-2-7(6-10)8(11)12/h7H,1-6,9H2,(H,11,12). The van der Waals surface area contributed by atoms with E-state index in [0.29, 0.717) is 13.2 Å². The molecule has 1 fully saturated rings. The quantitative estimate of drug-likeness (QED) is 0.591. The SMILES string of the molecule is NOCCN1CCCC(C(=O)O)C1. The fraction of sp³-hybridized carbons (Fsp3) is 0.875. The Labute approximate surface area is 77.4 Å². The number of hydrogen-bond donors (Lipinski definition) is 2. The molecule has 1 rings (SSSR count). The maximum absolute atomic E-state index is 10.7. The van der Waals surface area contributed by atoms with Crippen LogP contribution in [0.4, 0.5) is 0 Å². The van der Waals surface area contributed by atoms with Gasteiger partial charge < -0.3 is 14.8 Å². The van der Waals surface area contributed by atoms with Gasteiger partial charge in [-0.2, -0.15) is 0 Å². The van der Waals surface area contributed by atoms with Crippen LogP contribution in [0.25, 0.3) is 0 Å². The first-order valence-electron chi connectivity index (χ1n) is 4.51. The number of piperidine rings is 1. The zero-order valence-electron chi connectivity index (χ0n) is 7.61. The Bertz CT molecular complexity index is 175. The summed E-state index contributed by atoms with van der Waals surface area (Å²) in [5.74, 6) is 3.99. The molecule has 1 saturated heterocycles. The molecule has 0 aromatic heterocycles. The second kappa shape index (κ2) is 5.16. The van der Waals surface area contributed by atoms with Crippen molar-refractivity contribution in [2.75, 3.05) is 26.2 Å². The minimum atomic E-state index is -0.696. The van der Waals surface area contributed by atoms with Crippen LogP contribution in [-0.2, 0) is 9.63 Å². The first kappa shape index (κ1) is 10.4. The van der Waals surface area contributed by atoms with Gasteiger partial charge in [0.25, 0.3) is 0 Å². The molecule has 0 aromatic carbocycles. The number of carboxylic acids is 1. The molecule has 0 saturated carbocycles. The van der Waals surface area contributed by atoms with Gasteiger partial charge in [-0.15, -0.1) is 0 Å². The minimum absolute atomic E-state index is 0.216. The first-order chi connectivity index (χ1) is 6.24. The van der Waals surface area contributed by atoms with E-state index in [1.807, 2.05) is 0 Å². The van der Waals surface area contributed by atoms with Gasteiger partial charge in [-0.05, 0) is 19.4 Å². The first-order valence-corrected chi connectivity index (χ1v) is 4.51. The number of rotatable bonds is 4. The number of carboxylic acid groups (broad SMARTS) is 1. The van der Waals surface area contributed by atoms with E-state index in [-0.39, 0.29) is 5.92 Å². The molecule has 1 heterocycles. The Morgan fingerprint density at radius 3 is 3.08 bits per heavy atom. The highest BCUT2D eigenvalue weighted by molar-refractivity contribution is 5.70. The number of carbonyl (C=O) groups is 1. The molecule has 5 heteroatoms. The molecule has 0 aromatic rings. The summed E-state index contributed by atoms with van der Waals surface area (Å²) in [5.41, 5.74) is 0. The molecule has 1 unspecified atom stereocenters. The highest BCUT2D eigenvalue weighted by Crippen LogP contribution is 2.15. The largest absolute Gasteiger partial charge is 0.481 e. The number of nitrogens with two attached hydrogens (primary N) is 1. The van der Waals surface area contributed by atoms with E-state index in [0.717, 1.165) is 25.9 Å². The van der Waals surface area contributed by atoms with Crippen LogP contribution in [0.2, 0.25) is 0 Å². The summed E-state index contributed by atoms with van der Waals surface area (Å²) >= 11 is 0. The predicted molar refractivity (Wildman–Crippen MR) is 46.9 cm³/mol. The zero-order valence-corrected chi connectivity index (χ0v) is 7.61. The van der Waals surface area contributed by atoms with Crippen LogP contribution >= 0.6 is 0 Å². The molecule has 0 aliphatic carbocycles. The third-order valence-corrected chi connectivity index (χ3v) is 2.38. The van der Waals surface area contributed by atoms with E-state index in [9.17, 15) is 4.79 Å². The van der Waals surface area contributed by atoms with Gasteiger partial charge in [-0.1, -0.05) is 0 Å². The molecule has 0 spiro atoms.